The highest BCUT2D eigenvalue weighted by atomic mass is 16.5. The van der Waals surface area contributed by atoms with Gasteiger partial charge in [-0.15, -0.1) is 0 Å². The first-order valence-corrected chi connectivity index (χ1v) is 5.48. The lowest BCUT2D eigenvalue weighted by Crippen LogP contribution is -2.44. The van der Waals surface area contributed by atoms with E-state index in [0.717, 1.165) is 32.8 Å². The first kappa shape index (κ1) is 10.7. The fourth-order valence-electron chi connectivity index (χ4n) is 1.91. The zero-order chi connectivity index (χ0) is 10.5. The number of ether oxygens (including phenoxy) is 1. The first-order chi connectivity index (χ1) is 7.34. The zero-order valence-electron chi connectivity index (χ0n) is 9.20. The number of nitrogens with zero attached hydrogens (tertiary/aromatic N) is 1. The van der Waals surface area contributed by atoms with Gasteiger partial charge >= 0.3 is 0 Å². The predicted octanol–water partition coefficient (Wildman–Crippen LogP) is 0.435. The number of H-pyrrole nitrogens is 1. The number of hydrogen-bond acceptors (Lipinski definition) is 3. The molecular formula is C11H19N3O. The second kappa shape index (κ2) is 5.30. The number of rotatable bonds is 4. The van der Waals surface area contributed by atoms with Crippen LogP contribution >= 0.6 is 0 Å². The van der Waals surface area contributed by atoms with Crippen molar-refractivity contribution in [3.63, 3.8) is 0 Å². The normalized spacial score (nSPS) is 22.1. The third-order valence-electron chi connectivity index (χ3n) is 2.62. The smallest absolute Gasteiger partial charge is 0.0826 e. The summed E-state index contributed by atoms with van der Waals surface area (Å²) >= 11 is 0. The van der Waals surface area contributed by atoms with Gasteiger partial charge in [0, 0.05) is 38.1 Å². The van der Waals surface area contributed by atoms with E-state index in [1.165, 1.54) is 5.69 Å². The summed E-state index contributed by atoms with van der Waals surface area (Å²) < 4.78 is 5.65. The number of likely N-dealkylation sites (N-methyl/N-ethyl adjacent to an activating group) is 1. The lowest BCUT2D eigenvalue weighted by atomic mass is 10.3. The molecule has 0 bridgehead atoms. The molecule has 0 radical (unpaired) electrons. The number of aromatic amines is 1. The van der Waals surface area contributed by atoms with Crippen LogP contribution in [0.1, 0.15) is 5.69 Å². The number of nitrogens with one attached hydrogen (secondary N) is 2. The van der Waals surface area contributed by atoms with E-state index in [1.807, 2.05) is 12.3 Å². The summed E-state index contributed by atoms with van der Waals surface area (Å²) in [6.07, 6.45) is 2.29. The minimum atomic E-state index is 0.332. The molecule has 2 N–H and O–H groups in total. The lowest BCUT2D eigenvalue weighted by Gasteiger charge is -2.27. The van der Waals surface area contributed by atoms with Crippen LogP contribution in [-0.2, 0) is 11.3 Å². The quantitative estimate of drug-likeness (QED) is 0.755. The van der Waals surface area contributed by atoms with E-state index in [2.05, 4.69) is 28.3 Å². The second-order valence-corrected chi connectivity index (χ2v) is 4.09. The van der Waals surface area contributed by atoms with Gasteiger partial charge in [-0.25, -0.2) is 0 Å². The Balaban J connectivity index is 1.74. The number of hydrogen-bond donors (Lipinski definition) is 2. The Labute approximate surface area is 90.6 Å². The standard InChI is InChI=1S/C11H19N3O/c1-14(8-10-3-2-4-13-10)9-11-7-12-5-6-15-11/h2-4,11-13H,5-9H2,1H3. The van der Waals surface area contributed by atoms with Crippen LogP contribution in [0.15, 0.2) is 18.3 Å². The summed E-state index contributed by atoms with van der Waals surface area (Å²) in [5.74, 6) is 0. The van der Waals surface area contributed by atoms with Gasteiger partial charge in [-0.05, 0) is 19.2 Å². The monoisotopic (exact) mass is 209 g/mol. The fourth-order valence-corrected chi connectivity index (χ4v) is 1.91. The number of morpholine rings is 1. The minimum absolute atomic E-state index is 0.332. The highest BCUT2D eigenvalue weighted by Gasteiger charge is 2.15. The largest absolute Gasteiger partial charge is 0.374 e. The highest BCUT2D eigenvalue weighted by molar-refractivity contribution is 5.03. The van der Waals surface area contributed by atoms with Crippen LogP contribution in [0.2, 0.25) is 0 Å². The van der Waals surface area contributed by atoms with Crippen molar-refractivity contribution >= 4 is 0 Å². The molecule has 1 aromatic heterocycles. The van der Waals surface area contributed by atoms with E-state index >= 15 is 0 Å². The van der Waals surface area contributed by atoms with Crippen LogP contribution in [0.4, 0.5) is 0 Å². The van der Waals surface area contributed by atoms with E-state index in [-0.39, 0.29) is 0 Å². The van der Waals surface area contributed by atoms with Crippen LogP contribution in [0, 0.1) is 0 Å². The number of aromatic nitrogens is 1. The van der Waals surface area contributed by atoms with Crippen molar-refractivity contribution in [2.24, 2.45) is 0 Å². The molecule has 0 aromatic carbocycles. The van der Waals surface area contributed by atoms with Crippen molar-refractivity contribution in [1.82, 2.24) is 15.2 Å². The summed E-state index contributed by atoms with van der Waals surface area (Å²) in [5.41, 5.74) is 1.25. The first-order valence-electron chi connectivity index (χ1n) is 5.48. The second-order valence-electron chi connectivity index (χ2n) is 4.09. The van der Waals surface area contributed by atoms with Crippen LogP contribution in [0.5, 0.6) is 0 Å². The van der Waals surface area contributed by atoms with Gasteiger partial charge in [-0.1, -0.05) is 0 Å². The van der Waals surface area contributed by atoms with Gasteiger partial charge in [0.15, 0.2) is 0 Å². The van der Waals surface area contributed by atoms with Crippen LogP contribution in [0.25, 0.3) is 0 Å². The molecule has 15 heavy (non-hydrogen) atoms. The molecule has 1 aliphatic rings. The third kappa shape index (κ3) is 3.34. The average molecular weight is 209 g/mol. The molecule has 1 unspecified atom stereocenters. The molecule has 4 nitrogen and oxygen atoms in total. The Bertz CT molecular complexity index is 267. The molecule has 1 atom stereocenters. The Morgan fingerprint density at radius 3 is 3.20 bits per heavy atom. The van der Waals surface area contributed by atoms with Crippen molar-refractivity contribution in [3.05, 3.63) is 24.0 Å². The third-order valence-corrected chi connectivity index (χ3v) is 2.62. The van der Waals surface area contributed by atoms with Gasteiger partial charge in [0.1, 0.15) is 0 Å². The molecule has 0 spiro atoms. The van der Waals surface area contributed by atoms with E-state index < -0.39 is 0 Å². The molecule has 2 heterocycles. The van der Waals surface area contributed by atoms with Crippen LogP contribution in [-0.4, -0.2) is 49.3 Å². The Kier molecular flexibility index (Phi) is 3.77. The molecule has 84 valence electrons. The molecule has 4 heteroatoms. The van der Waals surface area contributed by atoms with Gasteiger partial charge in [-0.2, -0.15) is 0 Å². The minimum Gasteiger partial charge on any atom is -0.374 e. The van der Waals surface area contributed by atoms with Crippen molar-refractivity contribution in [2.75, 3.05) is 33.3 Å². The van der Waals surface area contributed by atoms with E-state index in [0.29, 0.717) is 6.10 Å². The highest BCUT2D eigenvalue weighted by Crippen LogP contribution is 2.03. The summed E-state index contributed by atoms with van der Waals surface area (Å²) in [7, 11) is 2.12. The van der Waals surface area contributed by atoms with E-state index in [1.54, 1.807) is 0 Å². The molecule has 1 aromatic rings. The fraction of sp³-hybridized carbons (Fsp3) is 0.636. The van der Waals surface area contributed by atoms with Gasteiger partial charge in [0.2, 0.25) is 0 Å². The molecule has 1 aliphatic heterocycles. The summed E-state index contributed by atoms with van der Waals surface area (Å²) in [6, 6.07) is 4.14. The van der Waals surface area contributed by atoms with Crippen molar-refractivity contribution in [3.8, 4) is 0 Å². The van der Waals surface area contributed by atoms with Crippen LogP contribution < -0.4 is 5.32 Å². The molecule has 1 saturated heterocycles. The topological polar surface area (TPSA) is 40.3 Å². The maximum absolute atomic E-state index is 5.65. The molecule has 0 aliphatic carbocycles. The maximum atomic E-state index is 5.65. The molecule has 0 saturated carbocycles. The molecular weight excluding hydrogens is 190 g/mol. The SMILES string of the molecule is CN(Cc1ccc[nH]1)CC1CNCCO1. The average Bonchev–Trinajstić information content (AvgIpc) is 2.71. The van der Waals surface area contributed by atoms with Gasteiger partial charge < -0.3 is 15.0 Å². The van der Waals surface area contributed by atoms with Crippen molar-refractivity contribution < 1.29 is 4.74 Å². The lowest BCUT2D eigenvalue weighted by molar-refractivity contribution is 0.00870. The Morgan fingerprint density at radius 2 is 2.53 bits per heavy atom. The molecule has 2 rings (SSSR count). The van der Waals surface area contributed by atoms with Gasteiger partial charge in [0.25, 0.3) is 0 Å². The van der Waals surface area contributed by atoms with Crippen LogP contribution in [0.3, 0.4) is 0 Å². The maximum Gasteiger partial charge on any atom is 0.0826 e. The summed E-state index contributed by atoms with van der Waals surface area (Å²) in [4.78, 5) is 5.49. The van der Waals surface area contributed by atoms with Gasteiger partial charge in [-0.3, -0.25) is 4.90 Å². The summed E-state index contributed by atoms with van der Waals surface area (Å²) in [5, 5.41) is 3.34. The van der Waals surface area contributed by atoms with E-state index in [9.17, 15) is 0 Å². The predicted molar refractivity (Wildman–Crippen MR) is 59.7 cm³/mol. The Morgan fingerprint density at radius 1 is 1.60 bits per heavy atom. The van der Waals surface area contributed by atoms with Crippen molar-refractivity contribution in [1.29, 1.82) is 0 Å². The zero-order valence-corrected chi connectivity index (χ0v) is 9.20. The molecule has 1 fully saturated rings. The Hall–Kier alpha value is -0.840. The molecule has 0 amide bonds. The van der Waals surface area contributed by atoms with E-state index in [4.69, 9.17) is 4.74 Å². The van der Waals surface area contributed by atoms with Crippen molar-refractivity contribution in [2.45, 2.75) is 12.6 Å². The summed E-state index contributed by atoms with van der Waals surface area (Å²) in [6.45, 7) is 4.71. The van der Waals surface area contributed by atoms with Gasteiger partial charge in [0.05, 0.1) is 12.7 Å².